The number of unbranched alkanes of at least 4 members (excludes halogenated alkanes) is 15. The maximum absolute atomic E-state index is 12.5. The van der Waals surface area contributed by atoms with Crippen LogP contribution in [-0.4, -0.2) is 65.7 Å². The van der Waals surface area contributed by atoms with Gasteiger partial charge in [-0.1, -0.05) is 140 Å². The molecule has 51 heavy (non-hydrogen) atoms. The molecular weight excluding hydrogens is 671 g/mol. The van der Waals surface area contributed by atoms with Gasteiger partial charge in [0.05, 0.1) is 26.2 Å². The quantitative estimate of drug-likeness (QED) is 0.0245. The maximum atomic E-state index is 12.5. The standard InChI is InChI=1S/C40H71O10P/c1-3-5-7-9-11-13-15-17-18-20-21-23-25-27-29-31-39(43)47-35-38(36-49-51(45,46)48-34-37(42)33-41)50-40(44)32-30-28-26-24-22-19-16-14-12-10-8-6-4-2/h5,7,11,13,17-18,28,30,37-38,41-42H,3-4,6,8-10,12,14-16,19-27,29,31-36H2,1-2H3,(H,45,46)/b7-5-,13-11-,18-17-,30-28+/t37?,38-/m1/s1. The van der Waals surface area contributed by atoms with Gasteiger partial charge in [0.15, 0.2) is 6.10 Å². The Bertz CT molecular complexity index is 994. The number of esters is 2. The maximum Gasteiger partial charge on any atom is 0.472 e. The molecule has 3 atom stereocenters. The van der Waals surface area contributed by atoms with Gasteiger partial charge in [-0.05, 0) is 51.4 Å². The van der Waals surface area contributed by atoms with Crippen LogP contribution in [-0.2, 0) is 32.7 Å². The van der Waals surface area contributed by atoms with Gasteiger partial charge in [-0.25, -0.2) is 4.57 Å². The Morgan fingerprint density at radius 3 is 1.73 bits per heavy atom. The lowest BCUT2D eigenvalue weighted by molar-refractivity contribution is -0.160. The number of hydrogen-bond donors (Lipinski definition) is 3. The van der Waals surface area contributed by atoms with Crippen molar-refractivity contribution in [2.75, 3.05) is 26.4 Å². The van der Waals surface area contributed by atoms with Crippen LogP contribution in [0.5, 0.6) is 0 Å². The molecule has 0 aliphatic rings. The molecule has 0 saturated carbocycles. The van der Waals surface area contributed by atoms with Gasteiger partial charge in [0.2, 0.25) is 0 Å². The molecule has 0 aromatic heterocycles. The summed E-state index contributed by atoms with van der Waals surface area (Å²) >= 11 is 0. The second-order valence-corrected chi connectivity index (χ2v) is 14.4. The average Bonchev–Trinajstić information content (AvgIpc) is 3.12. The number of carbonyl (C=O) groups is 2. The molecule has 0 aromatic carbocycles. The molecule has 3 N–H and O–H groups in total. The van der Waals surface area contributed by atoms with Crippen molar-refractivity contribution in [1.82, 2.24) is 0 Å². The van der Waals surface area contributed by atoms with E-state index < -0.39 is 51.8 Å². The molecule has 0 bridgehead atoms. The van der Waals surface area contributed by atoms with E-state index in [9.17, 15) is 24.2 Å². The Morgan fingerprint density at radius 1 is 0.627 bits per heavy atom. The molecule has 0 spiro atoms. The normalized spacial score (nSPS) is 14.5. The number of allylic oxidation sites excluding steroid dienone is 7. The highest BCUT2D eigenvalue weighted by Crippen LogP contribution is 2.43. The van der Waals surface area contributed by atoms with E-state index in [1.165, 1.54) is 51.4 Å². The fraction of sp³-hybridized carbons (Fsp3) is 0.750. The van der Waals surface area contributed by atoms with Crippen LogP contribution in [0.15, 0.2) is 48.6 Å². The van der Waals surface area contributed by atoms with Crippen molar-refractivity contribution in [2.45, 2.75) is 167 Å². The second kappa shape index (κ2) is 36.3. The third kappa shape index (κ3) is 36.1. The van der Waals surface area contributed by atoms with Crippen LogP contribution in [0.2, 0.25) is 0 Å². The van der Waals surface area contributed by atoms with E-state index in [0.29, 0.717) is 6.42 Å². The molecule has 0 radical (unpaired) electrons. The molecular formula is C40H71O10P. The monoisotopic (exact) mass is 742 g/mol. The summed E-state index contributed by atoms with van der Waals surface area (Å²) in [6.45, 7) is 2.17. The molecule has 0 fully saturated rings. The first-order valence-electron chi connectivity index (χ1n) is 19.6. The van der Waals surface area contributed by atoms with E-state index in [-0.39, 0.29) is 19.4 Å². The molecule has 11 heteroatoms. The van der Waals surface area contributed by atoms with Crippen molar-refractivity contribution < 1.29 is 47.8 Å². The number of carbonyl (C=O) groups excluding carboxylic acids is 2. The molecule has 10 nitrogen and oxygen atoms in total. The van der Waals surface area contributed by atoms with Gasteiger partial charge in [-0.15, -0.1) is 0 Å². The Hall–Kier alpha value is -2.07. The number of phosphoric ester groups is 1. The van der Waals surface area contributed by atoms with E-state index in [1.807, 2.05) is 6.08 Å². The number of hydrogen-bond acceptors (Lipinski definition) is 9. The van der Waals surface area contributed by atoms with Crippen LogP contribution in [0.25, 0.3) is 0 Å². The van der Waals surface area contributed by atoms with Crippen molar-refractivity contribution in [1.29, 1.82) is 0 Å². The fourth-order valence-corrected chi connectivity index (χ4v) is 5.78. The first-order valence-corrected chi connectivity index (χ1v) is 21.1. The van der Waals surface area contributed by atoms with Crippen molar-refractivity contribution >= 4 is 19.8 Å². The van der Waals surface area contributed by atoms with Crippen LogP contribution in [0.3, 0.4) is 0 Å². The number of rotatable bonds is 36. The summed E-state index contributed by atoms with van der Waals surface area (Å²) in [6.07, 6.45) is 36.8. The van der Waals surface area contributed by atoms with Crippen LogP contribution < -0.4 is 0 Å². The molecule has 0 aliphatic carbocycles. The molecule has 0 saturated heterocycles. The second-order valence-electron chi connectivity index (χ2n) is 12.9. The van der Waals surface area contributed by atoms with E-state index in [0.717, 1.165) is 70.6 Å². The zero-order valence-electron chi connectivity index (χ0n) is 31.8. The Morgan fingerprint density at radius 2 is 1.14 bits per heavy atom. The largest absolute Gasteiger partial charge is 0.472 e. The van der Waals surface area contributed by atoms with Crippen molar-refractivity contribution in [3.8, 4) is 0 Å². The highest BCUT2D eigenvalue weighted by Gasteiger charge is 2.27. The highest BCUT2D eigenvalue weighted by molar-refractivity contribution is 7.47. The van der Waals surface area contributed by atoms with E-state index in [2.05, 4.69) is 54.8 Å². The van der Waals surface area contributed by atoms with Gasteiger partial charge in [0.25, 0.3) is 0 Å². The van der Waals surface area contributed by atoms with E-state index >= 15 is 0 Å². The highest BCUT2D eigenvalue weighted by atomic mass is 31.2. The third-order valence-corrected chi connectivity index (χ3v) is 8.95. The fourth-order valence-electron chi connectivity index (χ4n) is 4.99. The summed E-state index contributed by atoms with van der Waals surface area (Å²) in [5, 5.41) is 18.3. The predicted molar refractivity (Wildman–Crippen MR) is 205 cm³/mol. The minimum atomic E-state index is -4.63. The predicted octanol–water partition coefficient (Wildman–Crippen LogP) is 9.78. The van der Waals surface area contributed by atoms with Crippen molar-refractivity contribution in [2.24, 2.45) is 0 Å². The zero-order chi connectivity index (χ0) is 37.7. The number of ether oxygens (including phenoxy) is 2. The molecule has 0 rings (SSSR count). The Balaban J connectivity index is 4.43. The van der Waals surface area contributed by atoms with Crippen LogP contribution in [0.4, 0.5) is 0 Å². The summed E-state index contributed by atoms with van der Waals surface area (Å²) in [5.41, 5.74) is 0. The van der Waals surface area contributed by atoms with Gasteiger partial charge in [-0.2, -0.15) is 0 Å². The molecule has 0 amide bonds. The lowest BCUT2D eigenvalue weighted by Crippen LogP contribution is -2.29. The SMILES string of the molecule is CC/C=C\C/C=C\C/C=C\CCCCCCCC(=O)OC[C@H](COP(=O)(O)OCC(O)CO)OC(=O)C/C=C/CCCCCCCCCCCC. The molecule has 0 aliphatic heterocycles. The number of aliphatic hydroxyl groups is 2. The van der Waals surface area contributed by atoms with Gasteiger partial charge in [0.1, 0.15) is 12.7 Å². The smallest absolute Gasteiger partial charge is 0.462 e. The summed E-state index contributed by atoms with van der Waals surface area (Å²) in [7, 11) is -4.63. The summed E-state index contributed by atoms with van der Waals surface area (Å²) in [6, 6.07) is 0. The Labute approximate surface area is 309 Å². The zero-order valence-corrected chi connectivity index (χ0v) is 32.7. The molecule has 0 aromatic rings. The van der Waals surface area contributed by atoms with Crippen LogP contribution in [0, 0.1) is 0 Å². The summed E-state index contributed by atoms with van der Waals surface area (Å²) < 4.78 is 32.5. The third-order valence-electron chi connectivity index (χ3n) is 8.00. The van der Waals surface area contributed by atoms with Gasteiger partial charge in [-0.3, -0.25) is 18.6 Å². The first-order chi connectivity index (χ1) is 24.7. The van der Waals surface area contributed by atoms with Crippen LogP contribution in [0.1, 0.15) is 155 Å². The average molecular weight is 743 g/mol. The van der Waals surface area contributed by atoms with Gasteiger partial charge < -0.3 is 24.6 Å². The molecule has 0 heterocycles. The number of aliphatic hydroxyl groups excluding tert-OH is 2. The summed E-state index contributed by atoms with van der Waals surface area (Å²) in [4.78, 5) is 34.8. The Kier molecular flexibility index (Phi) is 34.8. The topological polar surface area (TPSA) is 149 Å². The number of phosphoric acid groups is 1. The molecule has 2 unspecified atom stereocenters. The van der Waals surface area contributed by atoms with Gasteiger partial charge in [0, 0.05) is 6.42 Å². The summed E-state index contributed by atoms with van der Waals surface area (Å²) in [5.74, 6) is -1.04. The van der Waals surface area contributed by atoms with Gasteiger partial charge >= 0.3 is 19.8 Å². The van der Waals surface area contributed by atoms with Crippen molar-refractivity contribution in [3.05, 3.63) is 48.6 Å². The minimum Gasteiger partial charge on any atom is -0.462 e. The van der Waals surface area contributed by atoms with Crippen LogP contribution >= 0.6 is 7.82 Å². The lowest BCUT2D eigenvalue weighted by Gasteiger charge is -2.20. The van der Waals surface area contributed by atoms with Crippen molar-refractivity contribution in [3.63, 3.8) is 0 Å². The van der Waals surface area contributed by atoms with E-state index in [4.69, 9.17) is 19.1 Å². The first kappa shape index (κ1) is 48.9. The lowest BCUT2D eigenvalue weighted by atomic mass is 10.1. The molecule has 296 valence electrons. The van der Waals surface area contributed by atoms with E-state index in [1.54, 1.807) is 6.08 Å². The minimum absolute atomic E-state index is 0.00195.